The highest BCUT2D eigenvalue weighted by molar-refractivity contribution is 8.00. The summed E-state index contributed by atoms with van der Waals surface area (Å²) < 4.78 is 0.231. The van der Waals surface area contributed by atoms with Gasteiger partial charge in [0.25, 0.3) is 0 Å². The van der Waals surface area contributed by atoms with Gasteiger partial charge in [-0.05, 0) is 51.2 Å². The zero-order valence-electron chi connectivity index (χ0n) is 10.2. The molecule has 0 radical (unpaired) electrons. The van der Waals surface area contributed by atoms with E-state index in [0.29, 0.717) is 5.92 Å². The number of rotatable bonds is 4. The Labute approximate surface area is 102 Å². The van der Waals surface area contributed by atoms with Gasteiger partial charge >= 0.3 is 0 Å². The lowest BCUT2D eigenvalue weighted by Crippen LogP contribution is -2.55. The smallest absolute Gasteiger partial charge is 0.240 e. The summed E-state index contributed by atoms with van der Waals surface area (Å²) in [5.74, 6) is 1.65. The van der Waals surface area contributed by atoms with E-state index >= 15 is 0 Å². The highest BCUT2D eigenvalue weighted by Gasteiger charge is 2.44. The average molecular weight is 242 g/mol. The third-order valence-corrected chi connectivity index (χ3v) is 5.38. The van der Waals surface area contributed by atoms with E-state index < -0.39 is 5.54 Å². The number of hydrogen-bond donors (Lipinski definition) is 2. The van der Waals surface area contributed by atoms with Crippen LogP contribution in [0, 0.1) is 5.92 Å². The third kappa shape index (κ3) is 2.54. The van der Waals surface area contributed by atoms with Crippen LogP contribution >= 0.6 is 11.8 Å². The van der Waals surface area contributed by atoms with Crippen LogP contribution in [0.4, 0.5) is 0 Å². The normalized spacial score (nSPS) is 33.4. The molecule has 4 heteroatoms. The van der Waals surface area contributed by atoms with Gasteiger partial charge in [0, 0.05) is 11.3 Å². The topological polar surface area (TPSA) is 55.1 Å². The fraction of sp³-hybridized carbons (Fsp3) is 0.917. The second-order valence-electron chi connectivity index (χ2n) is 5.64. The highest BCUT2D eigenvalue weighted by Crippen LogP contribution is 2.39. The van der Waals surface area contributed by atoms with E-state index in [1.165, 1.54) is 18.6 Å². The molecule has 3 N–H and O–H groups in total. The molecular formula is C12H22N2OS. The Bertz CT molecular complexity index is 281. The van der Waals surface area contributed by atoms with E-state index in [1.54, 1.807) is 0 Å². The quantitative estimate of drug-likeness (QED) is 0.786. The lowest BCUT2D eigenvalue weighted by Gasteiger charge is -2.28. The highest BCUT2D eigenvalue weighted by atomic mass is 32.2. The van der Waals surface area contributed by atoms with Gasteiger partial charge < -0.3 is 11.1 Å². The van der Waals surface area contributed by atoms with Crippen LogP contribution in [0.15, 0.2) is 0 Å². The summed E-state index contributed by atoms with van der Waals surface area (Å²) in [4.78, 5) is 12.0. The van der Waals surface area contributed by atoms with E-state index in [1.807, 2.05) is 18.7 Å². The van der Waals surface area contributed by atoms with E-state index in [-0.39, 0.29) is 10.7 Å². The Morgan fingerprint density at radius 3 is 2.81 bits per heavy atom. The predicted octanol–water partition coefficient (Wildman–Crippen LogP) is 1.52. The molecule has 0 spiro atoms. The van der Waals surface area contributed by atoms with Crippen molar-refractivity contribution in [1.82, 2.24) is 5.32 Å². The Kier molecular flexibility index (Phi) is 3.23. The number of carbonyl (C=O) groups excluding carboxylic acids is 1. The SMILES string of the molecule is CC1(CNC(=O)C(C)(N)C2CC2)CCCS1. The van der Waals surface area contributed by atoms with Crippen LogP contribution in [0.2, 0.25) is 0 Å². The van der Waals surface area contributed by atoms with Gasteiger partial charge in [0.15, 0.2) is 0 Å². The molecule has 0 aromatic rings. The van der Waals surface area contributed by atoms with Gasteiger partial charge in [-0.25, -0.2) is 0 Å². The van der Waals surface area contributed by atoms with E-state index in [4.69, 9.17) is 5.73 Å². The van der Waals surface area contributed by atoms with Crippen molar-refractivity contribution in [2.45, 2.75) is 49.8 Å². The van der Waals surface area contributed by atoms with Crippen molar-refractivity contribution in [3.05, 3.63) is 0 Å². The molecule has 1 heterocycles. The van der Waals surface area contributed by atoms with Crippen molar-refractivity contribution in [1.29, 1.82) is 0 Å². The molecule has 92 valence electrons. The van der Waals surface area contributed by atoms with Crippen LogP contribution < -0.4 is 11.1 Å². The van der Waals surface area contributed by atoms with Gasteiger partial charge in [-0.1, -0.05) is 0 Å². The second-order valence-corrected chi connectivity index (χ2v) is 7.32. The minimum absolute atomic E-state index is 0.0312. The first kappa shape index (κ1) is 12.2. The number of nitrogens with two attached hydrogens (primary N) is 1. The first-order valence-corrected chi connectivity index (χ1v) is 7.14. The molecule has 2 aliphatic rings. The maximum atomic E-state index is 12.0. The van der Waals surface area contributed by atoms with Gasteiger partial charge in [0.1, 0.15) is 0 Å². The molecule has 1 aliphatic carbocycles. The fourth-order valence-corrected chi connectivity index (χ4v) is 3.55. The van der Waals surface area contributed by atoms with Crippen LogP contribution in [0.5, 0.6) is 0 Å². The van der Waals surface area contributed by atoms with Crippen LogP contribution in [0.25, 0.3) is 0 Å². The largest absolute Gasteiger partial charge is 0.353 e. The number of thioether (sulfide) groups is 1. The van der Waals surface area contributed by atoms with Crippen molar-refractivity contribution in [2.24, 2.45) is 11.7 Å². The summed E-state index contributed by atoms with van der Waals surface area (Å²) >= 11 is 1.97. The van der Waals surface area contributed by atoms with E-state index in [9.17, 15) is 4.79 Å². The first-order valence-electron chi connectivity index (χ1n) is 6.15. The maximum Gasteiger partial charge on any atom is 0.240 e. The number of carbonyl (C=O) groups is 1. The third-order valence-electron chi connectivity index (χ3n) is 3.84. The molecule has 3 nitrogen and oxygen atoms in total. The predicted molar refractivity (Wildman–Crippen MR) is 68.4 cm³/mol. The molecule has 2 unspecified atom stereocenters. The van der Waals surface area contributed by atoms with Crippen LogP contribution in [-0.2, 0) is 4.79 Å². The van der Waals surface area contributed by atoms with E-state index in [2.05, 4.69) is 12.2 Å². The zero-order valence-corrected chi connectivity index (χ0v) is 11.0. The van der Waals surface area contributed by atoms with Crippen molar-refractivity contribution in [2.75, 3.05) is 12.3 Å². The van der Waals surface area contributed by atoms with Crippen molar-refractivity contribution in [3.8, 4) is 0 Å². The molecule has 16 heavy (non-hydrogen) atoms. The first-order chi connectivity index (χ1) is 7.44. The molecule has 1 saturated carbocycles. The van der Waals surface area contributed by atoms with Gasteiger partial charge in [-0.15, -0.1) is 0 Å². The summed E-state index contributed by atoms with van der Waals surface area (Å²) in [5.41, 5.74) is 5.42. The molecule has 0 aromatic heterocycles. The summed E-state index contributed by atoms with van der Waals surface area (Å²) in [6.07, 6.45) is 4.67. The van der Waals surface area contributed by atoms with Crippen molar-refractivity contribution < 1.29 is 4.79 Å². The molecule has 0 aromatic carbocycles. The summed E-state index contributed by atoms with van der Waals surface area (Å²) in [6.45, 7) is 4.86. The number of nitrogens with one attached hydrogen (secondary N) is 1. The van der Waals surface area contributed by atoms with Crippen molar-refractivity contribution in [3.63, 3.8) is 0 Å². The number of hydrogen-bond acceptors (Lipinski definition) is 3. The lowest BCUT2D eigenvalue weighted by atomic mass is 9.95. The molecule has 2 fully saturated rings. The molecule has 1 amide bonds. The monoisotopic (exact) mass is 242 g/mol. The Morgan fingerprint density at radius 1 is 1.62 bits per heavy atom. The Morgan fingerprint density at radius 2 is 2.31 bits per heavy atom. The molecular weight excluding hydrogens is 220 g/mol. The van der Waals surface area contributed by atoms with E-state index in [0.717, 1.165) is 19.4 Å². The molecule has 2 atom stereocenters. The average Bonchev–Trinajstić information content (AvgIpc) is 3.00. The summed E-state index contributed by atoms with van der Waals surface area (Å²) in [7, 11) is 0. The zero-order chi connectivity index (χ0) is 11.8. The summed E-state index contributed by atoms with van der Waals surface area (Å²) in [5, 5.41) is 3.04. The number of amides is 1. The van der Waals surface area contributed by atoms with Crippen LogP contribution in [0.1, 0.15) is 39.5 Å². The molecule has 1 aliphatic heterocycles. The fourth-order valence-electron chi connectivity index (χ4n) is 2.30. The van der Waals surface area contributed by atoms with Crippen LogP contribution in [0.3, 0.4) is 0 Å². The molecule has 2 rings (SSSR count). The molecule has 1 saturated heterocycles. The lowest BCUT2D eigenvalue weighted by molar-refractivity contribution is -0.126. The maximum absolute atomic E-state index is 12.0. The molecule has 0 bridgehead atoms. The standard InChI is InChI=1S/C12H22N2OS/c1-11(6-3-7-16-11)8-14-10(15)12(2,13)9-4-5-9/h9H,3-8,13H2,1-2H3,(H,14,15). The second kappa shape index (κ2) is 4.22. The van der Waals surface area contributed by atoms with Gasteiger partial charge in [-0.3, -0.25) is 4.79 Å². The van der Waals surface area contributed by atoms with Gasteiger partial charge in [0.05, 0.1) is 5.54 Å². The minimum atomic E-state index is -0.653. The summed E-state index contributed by atoms with van der Waals surface area (Å²) in [6, 6.07) is 0. The van der Waals surface area contributed by atoms with Crippen LogP contribution in [-0.4, -0.2) is 28.5 Å². The van der Waals surface area contributed by atoms with Crippen molar-refractivity contribution >= 4 is 17.7 Å². The van der Waals surface area contributed by atoms with Gasteiger partial charge in [0.2, 0.25) is 5.91 Å². The van der Waals surface area contributed by atoms with Gasteiger partial charge in [-0.2, -0.15) is 11.8 Å². The Hall–Kier alpha value is -0.220. The Balaban J connectivity index is 1.83. The minimum Gasteiger partial charge on any atom is -0.353 e.